The van der Waals surface area contributed by atoms with Gasteiger partial charge in [0.25, 0.3) is 0 Å². The molecule has 0 aliphatic rings. The smallest absolute Gasteiger partial charge is 0.0702 e. The molecule has 8 heteroatoms. The van der Waals surface area contributed by atoms with E-state index in [1.54, 1.807) is 0 Å². The number of benzene rings is 2. The molecule has 0 radical (unpaired) electrons. The summed E-state index contributed by atoms with van der Waals surface area (Å²) in [5.41, 5.74) is 3.50. The Kier molecular flexibility index (Phi) is 13.7. The molecule has 0 saturated carbocycles. The molecule has 2 aromatic carbocycles. The number of fused-ring (bicyclic) bond motifs is 1. The molecule has 0 saturated heterocycles. The number of nitrogens with zero attached hydrogens (tertiary/aromatic N) is 4. The Morgan fingerprint density at radius 1 is 0.676 bits per heavy atom. The van der Waals surface area contributed by atoms with Gasteiger partial charge in [0.1, 0.15) is 0 Å². The van der Waals surface area contributed by atoms with Crippen LogP contribution in [-0.4, -0.2) is 66.8 Å². The van der Waals surface area contributed by atoms with Crippen molar-refractivity contribution in [2.24, 2.45) is 0 Å². The zero-order valence-corrected chi connectivity index (χ0v) is 23.8. The third kappa shape index (κ3) is 7.68. The molecule has 3 rings (SSSR count). The fraction of sp³-hybridized carbons (Fsp3) is 0.462. The number of rotatable bonds is 12. The van der Waals surface area contributed by atoms with E-state index in [0.29, 0.717) is 0 Å². The van der Waals surface area contributed by atoms with Crippen molar-refractivity contribution < 1.29 is 0 Å². The molecule has 1 heterocycles. The SMILES string of the molecule is CCN(CC)CCN(CCN(CC)CC)n1cc(-c2ccc(Cl)cc2)c2cc(Cl)ccc21.Cl.Cl. The average Bonchev–Trinajstić information content (AvgIpc) is 3.17. The largest absolute Gasteiger partial charge is 0.310 e. The fourth-order valence-corrected chi connectivity index (χ4v) is 4.50. The molecule has 0 N–H and O–H groups in total. The first kappa shape index (κ1) is 30.9. The maximum atomic E-state index is 6.42. The lowest BCUT2D eigenvalue weighted by Crippen LogP contribution is -2.45. The van der Waals surface area contributed by atoms with Crippen LogP contribution in [0.2, 0.25) is 10.0 Å². The molecule has 0 aliphatic carbocycles. The summed E-state index contributed by atoms with van der Waals surface area (Å²) in [6.07, 6.45) is 2.26. The van der Waals surface area contributed by atoms with Gasteiger partial charge in [-0.25, -0.2) is 0 Å². The first-order valence-corrected chi connectivity index (χ1v) is 12.5. The van der Waals surface area contributed by atoms with E-state index in [-0.39, 0.29) is 24.8 Å². The molecule has 4 nitrogen and oxygen atoms in total. The van der Waals surface area contributed by atoms with E-state index < -0.39 is 0 Å². The van der Waals surface area contributed by atoms with Crippen LogP contribution < -0.4 is 5.01 Å². The summed E-state index contributed by atoms with van der Waals surface area (Å²) in [5.74, 6) is 0. The van der Waals surface area contributed by atoms with Crippen LogP contribution in [0.3, 0.4) is 0 Å². The van der Waals surface area contributed by atoms with E-state index in [0.717, 1.165) is 73.4 Å². The summed E-state index contributed by atoms with van der Waals surface area (Å²) < 4.78 is 2.34. The van der Waals surface area contributed by atoms with Crippen LogP contribution >= 0.6 is 48.0 Å². The average molecular weight is 548 g/mol. The number of hydrogen-bond acceptors (Lipinski definition) is 3. The molecule has 190 valence electrons. The van der Waals surface area contributed by atoms with Crippen LogP contribution in [-0.2, 0) is 0 Å². The summed E-state index contributed by atoms with van der Waals surface area (Å²) in [5, 5.41) is 5.14. The minimum Gasteiger partial charge on any atom is -0.310 e. The number of halogens is 4. The molecule has 3 aromatic rings. The van der Waals surface area contributed by atoms with Crippen LogP contribution in [0.15, 0.2) is 48.7 Å². The Morgan fingerprint density at radius 3 is 1.68 bits per heavy atom. The van der Waals surface area contributed by atoms with E-state index >= 15 is 0 Å². The van der Waals surface area contributed by atoms with Crippen LogP contribution in [0.1, 0.15) is 27.7 Å². The highest BCUT2D eigenvalue weighted by atomic mass is 35.5. The third-order valence-electron chi connectivity index (χ3n) is 6.34. The first-order valence-electron chi connectivity index (χ1n) is 11.8. The molecule has 0 bridgehead atoms. The van der Waals surface area contributed by atoms with Crippen LogP contribution in [0.25, 0.3) is 22.0 Å². The zero-order chi connectivity index (χ0) is 23.1. The molecule has 0 unspecified atom stereocenters. The van der Waals surface area contributed by atoms with E-state index in [2.05, 4.69) is 77.6 Å². The van der Waals surface area contributed by atoms with Gasteiger partial charge in [0.15, 0.2) is 0 Å². The first-order chi connectivity index (χ1) is 15.5. The number of aromatic nitrogens is 1. The minimum absolute atomic E-state index is 0. The molecular weight excluding hydrogens is 510 g/mol. The normalized spacial score (nSPS) is 11.1. The maximum Gasteiger partial charge on any atom is 0.0702 e. The number of likely N-dealkylation sites (N-methyl/N-ethyl adjacent to an activating group) is 2. The second kappa shape index (κ2) is 15.1. The Morgan fingerprint density at radius 2 is 1.18 bits per heavy atom. The molecule has 0 amide bonds. The molecule has 1 aromatic heterocycles. The summed E-state index contributed by atoms with van der Waals surface area (Å²) in [4.78, 5) is 4.96. The predicted molar refractivity (Wildman–Crippen MR) is 155 cm³/mol. The summed E-state index contributed by atoms with van der Waals surface area (Å²) in [7, 11) is 0. The lowest BCUT2D eigenvalue weighted by Gasteiger charge is -2.31. The summed E-state index contributed by atoms with van der Waals surface area (Å²) >= 11 is 12.6. The van der Waals surface area contributed by atoms with Crippen molar-refractivity contribution in [1.82, 2.24) is 14.5 Å². The van der Waals surface area contributed by atoms with Crippen molar-refractivity contribution in [3.8, 4) is 11.1 Å². The summed E-state index contributed by atoms with van der Waals surface area (Å²) in [6, 6.07) is 14.3. The highest BCUT2D eigenvalue weighted by Crippen LogP contribution is 2.33. The van der Waals surface area contributed by atoms with Crippen LogP contribution in [0.5, 0.6) is 0 Å². The van der Waals surface area contributed by atoms with Gasteiger partial charge in [-0.3, -0.25) is 4.68 Å². The quantitative estimate of drug-likeness (QED) is 0.241. The Balaban J connectivity index is 0.00000289. The van der Waals surface area contributed by atoms with Crippen molar-refractivity contribution in [3.63, 3.8) is 0 Å². The Hall–Kier alpha value is -1.14. The molecule has 0 fully saturated rings. The molecule has 0 atom stereocenters. The molecular formula is C26H38Cl4N4. The standard InChI is InChI=1S/C26H36Cl2N4.2ClH/c1-5-29(6-2)15-17-31(18-16-30(7-3)8-4)32-20-25(21-9-11-22(27)12-10-21)24-19-23(28)13-14-26(24)32;;/h9-14,19-20H,5-8,15-18H2,1-4H3;2*1H. The van der Waals surface area contributed by atoms with Gasteiger partial charge in [-0.15, -0.1) is 24.8 Å². The van der Waals surface area contributed by atoms with Crippen molar-refractivity contribution in [1.29, 1.82) is 0 Å². The summed E-state index contributed by atoms with van der Waals surface area (Å²) in [6.45, 7) is 17.2. The van der Waals surface area contributed by atoms with Gasteiger partial charge in [-0.2, -0.15) is 0 Å². The molecule has 0 spiro atoms. The fourth-order valence-electron chi connectivity index (χ4n) is 4.20. The molecule has 34 heavy (non-hydrogen) atoms. The van der Waals surface area contributed by atoms with Crippen molar-refractivity contribution in [3.05, 3.63) is 58.7 Å². The monoisotopic (exact) mass is 546 g/mol. The minimum atomic E-state index is 0. The van der Waals surface area contributed by atoms with Crippen molar-refractivity contribution in [2.75, 3.05) is 57.4 Å². The van der Waals surface area contributed by atoms with Gasteiger partial charge in [-0.05, 0) is 62.1 Å². The maximum absolute atomic E-state index is 6.42. The highest BCUT2D eigenvalue weighted by Gasteiger charge is 2.17. The van der Waals surface area contributed by atoms with Gasteiger partial charge in [0.05, 0.1) is 5.52 Å². The second-order valence-electron chi connectivity index (χ2n) is 8.06. The number of hydrogen-bond donors (Lipinski definition) is 0. The van der Waals surface area contributed by atoms with Gasteiger partial charge >= 0.3 is 0 Å². The lowest BCUT2D eigenvalue weighted by atomic mass is 10.1. The highest BCUT2D eigenvalue weighted by molar-refractivity contribution is 6.31. The van der Waals surface area contributed by atoms with Crippen molar-refractivity contribution >= 4 is 58.9 Å². The second-order valence-corrected chi connectivity index (χ2v) is 8.94. The lowest BCUT2D eigenvalue weighted by molar-refractivity contribution is 0.282. The predicted octanol–water partition coefficient (Wildman–Crippen LogP) is 7.08. The van der Waals surface area contributed by atoms with E-state index in [1.165, 1.54) is 11.1 Å². The topological polar surface area (TPSA) is 14.7 Å². The van der Waals surface area contributed by atoms with E-state index in [1.807, 2.05) is 18.2 Å². The van der Waals surface area contributed by atoms with Gasteiger partial charge in [0, 0.05) is 53.4 Å². The van der Waals surface area contributed by atoms with Crippen LogP contribution in [0.4, 0.5) is 0 Å². The Bertz CT molecular complexity index is 966. The van der Waals surface area contributed by atoms with E-state index in [4.69, 9.17) is 23.2 Å². The van der Waals surface area contributed by atoms with Gasteiger partial charge in [-0.1, -0.05) is 63.0 Å². The zero-order valence-electron chi connectivity index (χ0n) is 20.6. The van der Waals surface area contributed by atoms with Gasteiger partial charge < -0.3 is 14.8 Å². The van der Waals surface area contributed by atoms with E-state index in [9.17, 15) is 0 Å². The third-order valence-corrected chi connectivity index (χ3v) is 6.83. The van der Waals surface area contributed by atoms with Crippen LogP contribution in [0, 0.1) is 0 Å². The van der Waals surface area contributed by atoms with Crippen molar-refractivity contribution in [2.45, 2.75) is 27.7 Å². The molecule has 0 aliphatic heterocycles. The van der Waals surface area contributed by atoms with Gasteiger partial charge in [0.2, 0.25) is 0 Å². The Labute approximate surface area is 227 Å².